The van der Waals surface area contributed by atoms with Crippen LogP contribution in [0.15, 0.2) is 36.5 Å². The number of benzene rings is 2. The maximum absolute atomic E-state index is 12.4. The summed E-state index contributed by atoms with van der Waals surface area (Å²) in [6.45, 7) is 0.419. The summed E-state index contributed by atoms with van der Waals surface area (Å²) in [6, 6.07) is 11.4. The SMILES string of the molecule is COC(=O)c1cnc2c(C3CC3)cc(C#N)cc2c1NCc1ccc(OC)c(Cl)c1. The minimum absolute atomic E-state index is 0.321. The van der Waals surface area contributed by atoms with Crippen LogP contribution in [-0.2, 0) is 11.3 Å². The summed E-state index contributed by atoms with van der Waals surface area (Å²) in [5, 5.41) is 14.1. The van der Waals surface area contributed by atoms with Gasteiger partial charge in [-0.1, -0.05) is 17.7 Å². The zero-order valence-corrected chi connectivity index (χ0v) is 17.4. The zero-order valence-electron chi connectivity index (χ0n) is 16.7. The Hall–Kier alpha value is -3.30. The van der Waals surface area contributed by atoms with Crippen molar-refractivity contribution in [3.63, 3.8) is 0 Å². The van der Waals surface area contributed by atoms with E-state index in [0.29, 0.717) is 40.0 Å². The van der Waals surface area contributed by atoms with E-state index in [1.165, 1.54) is 13.3 Å². The van der Waals surface area contributed by atoms with Gasteiger partial charge in [-0.2, -0.15) is 5.26 Å². The molecule has 3 aromatic rings. The molecule has 2 aromatic carbocycles. The van der Waals surface area contributed by atoms with Crippen LogP contribution in [0.5, 0.6) is 5.75 Å². The van der Waals surface area contributed by atoms with Gasteiger partial charge in [-0.15, -0.1) is 0 Å². The van der Waals surface area contributed by atoms with Gasteiger partial charge >= 0.3 is 5.97 Å². The lowest BCUT2D eigenvalue weighted by Gasteiger charge is -2.16. The number of carbonyl (C=O) groups excluding carboxylic acids is 1. The van der Waals surface area contributed by atoms with E-state index >= 15 is 0 Å². The van der Waals surface area contributed by atoms with E-state index in [2.05, 4.69) is 16.4 Å². The van der Waals surface area contributed by atoms with Gasteiger partial charge in [-0.25, -0.2) is 4.79 Å². The van der Waals surface area contributed by atoms with Crippen LogP contribution in [0.3, 0.4) is 0 Å². The third-order valence-electron chi connectivity index (χ3n) is 5.24. The molecule has 0 atom stereocenters. The van der Waals surface area contributed by atoms with Crippen LogP contribution in [0.1, 0.15) is 45.8 Å². The summed E-state index contributed by atoms with van der Waals surface area (Å²) >= 11 is 6.24. The van der Waals surface area contributed by atoms with Gasteiger partial charge in [-0.05, 0) is 54.2 Å². The molecule has 1 heterocycles. The molecule has 1 saturated carbocycles. The monoisotopic (exact) mass is 421 g/mol. The van der Waals surface area contributed by atoms with Crippen LogP contribution in [-0.4, -0.2) is 25.2 Å². The van der Waals surface area contributed by atoms with Crippen molar-refractivity contribution in [2.45, 2.75) is 25.3 Å². The summed E-state index contributed by atoms with van der Waals surface area (Å²) in [5.74, 6) is 0.512. The number of hydrogen-bond donors (Lipinski definition) is 1. The van der Waals surface area contributed by atoms with Crippen LogP contribution >= 0.6 is 11.6 Å². The third kappa shape index (κ3) is 3.77. The quantitative estimate of drug-likeness (QED) is 0.561. The number of pyridine rings is 1. The normalized spacial score (nSPS) is 13.0. The summed E-state index contributed by atoms with van der Waals surface area (Å²) in [5.41, 5.74) is 4.24. The second-order valence-corrected chi connectivity index (χ2v) is 7.62. The lowest BCUT2D eigenvalue weighted by molar-refractivity contribution is 0.0601. The van der Waals surface area contributed by atoms with Crippen LogP contribution in [0.25, 0.3) is 10.9 Å². The Balaban J connectivity index is 1.81. The molecule has 0 aliphatic heterocycles. The molecule has 7 heteroatoms. The zero-order chi connectivity index (χ0) is 21.3. The average Bonchev–Trinajstić information content (AvgIpc) is 3.61. The number of carbonyl (C=O) groups is 1. The Morgan fingerprint density at radius 3 is 2.73 bits per heavy atom. The fourth-order valence-corrected chi connectivity index (χ4v) is 3.85. The minimum atomic E-state index is -0.491. The van der Waals surface area contributed by atoms with E-state index in [-0.39, 0.29) is 0 Å². The van der Waals surface area contributed by atoms with Crippen LogP contribution < -0.4 is 10.1 Å². The van der Waals surface area contributed by atoms with Gasteiger partial charge in [0.05, 0.1) is 42.1 Å². The molecule has 152 valence electrons. The van der Waals surface area contributed by atoms with E-state index in [0.717, 1.165) is 34.9 Å². The van der Waals surface area contributed by atoms with Crippen molar-refractivity contribution in [3.05, 3.63) is 63.8 Å². The number of nitrogens with one attached hydrogen (secondary N) is 1. The van der Waals surface area contributed by atoms with E-state index in [9.17, 15) is 10.1 Å². The van der Waals surface area contributed by atoms with Crippen molar-refractivity contribution < 1.29 is 14.3 Å². The average molecular weight is 422 g/mol. The summed E-state index contributed by atoms with van der Waals surface area (Å²) in [4.78, 5) is 17.0. The first-order valence-corrected chi connectivity index (χ1v) is 9.94. The molecule has 0 bridgehead atoms. The number of anilines is 1. The molecule has 30 heavy (non-hydrogen) atoms. The summed E-state index contributed by atoms with van der Waals surface area (Å²) in [6.07, 6.45) is 3.70. The van der Waals surface area contributed by atoms with Gasteiger partial charge in [0.1, 0.15) is 11.3 Å². The van der Waals surface area contributed by atoms with Crippen LogP contribution in [0.4, 0.5) is 5.69 Å². The Labute approximate surface area is 179 Å². The second-order valence-electron chi connectivity index (χ2n) is 7.21. The van der Waals surface area contributed by atoms with Crippen LogP contribution in [0.2, 0.25) is 5.02 Å². The van der Waals surface area contributed by atoms with Crippen molar-refractivity contribution in [2.75, 3.05) is 19.5 Å². The molecule has 1 aliphatic rings. The van der Waals surface area contributed by atoms with Gasteiger partial charge in [0.15, 0.2) is 0 Å². The highest BCUT2D eigenvalue weighted by molar-refractivity contribution is 6.32. The number of hydrogen-bond acceptors (Lipinski definition) is 6. The number of esters is 1. The number of methoxy groups -OCH3 is 2. The standard InChI is InChI=1S/C23H20ClN3O3/c1-29-20-6-3-13(9-19(20)24)11-26-22-17-8-14(10-25)7-16(15-4-5-15)21(17)27-12-18(22)23(28)30-2/h3,6-9,12,15H,4-5,11H2,1-2H3,(H,26,27). The Morgan fingerprint density at radius 2 is 2.10 bits per heavy atom. The van der Waals surface area contributed by atoms with E-state index in [4.69, 9.17) is 21.1 Å². The maximum atomic E-state index is 12.4. The summed E-state index contributed by atoms with van der Waals surface area (Å²) < 4.78 is 10.2. The lowest BCUT2D eigenvalue weighted by Crippen LogP contribution is -2.10. The van der Waals surface area contributed by atoms with Crippen LogP contribution in [0, 0.1) is 11.3 Å². The Morgan fingerprint density at radius 1 is 1.30 bits per heavy atom. The number of aromatic nitrogens is 1. The van der Waals surface area contributed by atoms with E-state index in [1.807, 2.05) is 18.2 Å². The molecule has 1 aromatic heterocycles. The van der Waals surface area contributed by atoms with Gasteiger partial charge in [-0.3, -0.25) is 4.98 Å². The molecule has 1 fully saturated rings. The number of halogens is 1. The van der Waals surface area contributed by atoms with Crippen molar-refractivity contribution in [1.82, 2.24) is 4.98 Å². The Kier molecular flexibility index (Phi) is 5.47. The number of nitriles is 1. The lowest BCUT2D eigenvalue weighted by atomic mass is 9.99. The summed E-state index contributed by atoms with van der Waals surface area (Å²) in [7, 11) is 2.90. The number of ether oxygens (including phenoxy) is 2. The first-order valence-electron chi connectivity index (χ1n) is 9.57. The first kappa shape index (κ1) is 20.0. The van der Waals surface area contributed by atoms with Gasteiger partial charge in [0, 0.05) is 18.1 Å². The fraction of sp³-hybridized carbons (Fsp3) is 0.261. The molecule has 6 nitrogen and oxygen atoms in total. The fourth-order valence-electron chi connectivity index (χ4n) is 3.57. The molecular weight excluding hydrogens is 402 g/mol. The molecule has 0 spiro atoms. The first-order chi connectivity index (χ1) is 14.5. The number of nitrogens with zero attached hydrogens (tertiary/aromatic N) is 2. The van der Waals surface area contributed by atoms with Crippen molar-refractivity contribution in [2.24, 2.45) is 0 Å². The van der Waals surface area contributed by atoms with E-state index in [1.54, 1.807) is 19.2 Å². The minimum Gasteiger partial charge on any atom is -0.495 e. The van der Waals surface area contributed by atoms with E-state index < -0.39 is 5.97 Å². The maximum Gasteiger partial charge on any atom is 0.341 e. The number of fused-ring (bicyclic) bond motifs is 1. The van der Waals surface area contributed by atoms with Gasteiger partial charge in [0.25, 0.3) is 0 Å². The van der Waals surface area contributed by atoms with Crippen molar-refractivity contribution in [1.29, 1.82) is 5.26 Å². The third-order valence-corrected chi connectivity index (χ3v) is 5.53. The Bertz CT molecular complexity index is 1180. The molecular formula is C23H20ClN3O3. The number of rotatable bonds is 6. The predicted octanol–water partition coefficient (Wildman–Crippen LogP) is 5.04. The smallest absolute Gasteiger partial charge is 0.341 e. The molecule has 0 unspecified atom stereocenters. The molecule has 0 radical (unpaired) electrons. The second kappa shape index (κ2) is 8.21. The molecule has 0 amide bonds. The van der Waals surface area contributed by atoms with Gasteiger partial charge < -0.3 is 14.8 Å². The highest BCUT2D eigenvalue weighted by atomic mass is 35.5. The highest BCUT2D eigenvalue weighted by Crippen LogP contribution is 2.44. The van der Waals surface area contributed by atoms with Gasteiger partial charge in [0.2, 0.25) is 0 Å². The molecule has 1 aliphatic carbocycles. The molecule has 1 N–H and O–H groups in total. The largest absolute Gasteiger partial charge is 0.495 e. The molecule has 4 rings (SSSR count). The van der Waals surface area contributed by atoms with Crippen molar-refractivity contribution >= 4 is 34.2 Å². The molecule has 0 saturated heterocycles. The topological polar surface area (TPSA) is 84.2 Å². The van der Waals surface area contributed by atoms with Crippen molar-refractivity contribution in [3.8, 4) is 11.8 Å². The predicted molar refractivity (Wildman–Crippen MR) is 115 cm³/mol. The highest BCUT2D eigenvalue weighted by Gasteiger charge is 2.28.